The zero-order chi connectivity index (χ0) is 16.2. The van der Waals surface area contributed by atoms with Crippen LogP contribution in [0.3, 0.4) is 0 Å². The molecule has 0 radical (unpaired) electrons. The lowest BCUT2D eigenvalue weighted by Crippen LogP contribution is -2.12. The molecule has 1 aromatic heterocycles. The largest absolute Gasteiger partial charge is 0.321 e. The van der Waals surface area contributed by atoms with Crippen LogP contribution in [-0.4, -0.2) is 4.98 Å². The van der Waals surface area contributed by atoms with Gasteiger partial charge in [-0.05, 0) is 29.2 Å². The van der Waals surface area contributed by atoms with Crippen molar-refractivity contribution in [3.05, 3.63) is 82.1 Å². The lowest BCUT2D eigenvalue weighted by atomic mass is 9.98. The highest BCUT2D eigenvalue weighted by atomic mass is 16.1. The molecular formula is C20H16N2O. The van der Waals surface area contributed by atoms with E-state index in [4.69, 9.17) is 0 Å². The summed E-state index contributed by atoms with van der Waals surface area (Å²) in [6.07, 6.45) is 0.972. The highest BCUT2D eigenvalue weighted by Gasteiger charge is 2.12. The minimum absolute atomic E-state index is 0.144. The quantitative estimate of drug-likeness (QED) is 0.790. The Morgan fingerprint density at radius 1 is 1.00 bits per heavy atom. The van der Waals surface area contributed by atoms with Gasteiger partial charge in [0.1, 0.15) is 11.6 Å². The van der Waals surface area contributed by atoms with Crippen LogP contribution in [0.25, 0.3) is 22.4 Å². The van der Waals surface area contributed by atoms with Gasteiger partial charge in [-0.25, -0.2) is 0 Å². The molecule has 0 atom stereocenters. The van der Waals surface area contributed by atoms with Crippen LogP contribution in [-0.2, 0) is 6.42 Å². The van der Waals surface area contributed by atoms with Crippen LogP contribution in [0.5, 0.6) is 0 Å². The standard InChI is InChI=1S/C20H16N2O/c1-2-14-8-10-16(11-9-14)19-12-17(15-6-4-3-5-7-15)18(13-21)20(23)22-19/h3-12H,2H2,1H3,(H,22,23). The summed E-state index contributed by atoms with van der Waals surface area (Å²) in [5.41, 5.74) is 4.20. The average molecular weight is 300 g/mol. The topological polar surface area (TPSA) is 56.6 Å². The highest BCUT2D eigenvalue weighted by Crippen LogP contribution is 2.26. The molecule has 3 nitrogen and oxygen atoms in total. The first-order chi connectivity index (χ1) is 11.2. The van der Waals surface area contributed by atoms with Gasteiger partial charge in [-0.1, -0.05) is 61.5 Å². The van der Waals surface area contributed by atoms with Crippen molar-refractivity contribution in [3.63, 3.8) is 0 Å². The van der Waals surface area contributed by atoms with Crippen molar-refractivity contribution >= 4 is 0 Å². The first-order valence-electron chi connectivity index (χ1n) is 7.55. The van der Waals surface area contributed by atoms with Crippen molar-refractivity contribution in [2.45, 2.75) is 13.3 Å². The number of hydrogen-bond donors (Lipinski definition) is 1. The summed E-state index contributed by atoms with van der Waals surface area (Å²) >= 11 is 0. The molecule has 0 aliphatic rings. The number of rotatable bonds is 3. The fourth-order valence-corrected chi connectivity index (χ4v) is 2.59. The Hall–Kier alpha value is -3.12. The van der Waals surface area contributed by atoms with Crippen molar-refractivity contribution in [2.24, 2.45) is 0 Å². The smallest absolute Gasteiger partial charge is 0.266 e. The molecule has 1 N–H and O–H groups in total. The predicted molar refractivity (Wildman–Crippen MR) is 92.0 cm³/mol. The first-order valence-corrected chi connectivity index (χ1v) is 7.55. The number of aryl methyl sites for hydroxylation is 1. The van der Waals surface area contributed by atoms with Crippen molar-refractivity contribution in [2.75, 3.05) is 0 Å². The van der Waals surface area contributed by atoms with E-state index in [-0.39, 0.29) is 11.1 Å². The Balaban J connectivity index is 2.18. The van der Waals surface area contributed by atoms with Gasteiger partial charge in [-0.15, -0.1) is 0 Å². The van der Waals surface area contributed by atoms with Crippen LogP contribution in [0, 0.1) is 11.3 Å². The Morgan fingerprint density at radius 2 is 1.70 bits per heavy atom. The third-order valence-electron chi connectivity index (χ3n) is 3.90. The average Bonchev–Trinajstić information content (AvgIpc) is 2.62. The summed E-state index contributed by atoms with van der Waals surface area (Å²) in [6, 6.07) is 21.5. The van der Waals surface area contributed by atoms with Crippen LogP contribution >= 0.6 is 0 Å². The maximum absolute atomic E-state index is 12.3. The second-order valence-corrected chi connectivity index (χ2v) is 5.33. The van der Waals surface area contributed by atoms with Gasteiger partial charge in [0.15, 0.2) is 0 Å². The molecule has 2 aromatic carbocycles. The molecule has 0 unspecified atom stereocenters. The minimum Gasteiger partial charge on any atom is -0.321 e. The Morgan fingerprint density at radius 3 is 2.30 bits per heavy atom. The van der Waals surface area contributed by atoms with Gasteiger partial charge in [-0.2, -0.15) is 5.26 Å². The summed E-state index contributed by atoms with van der Waals surface area (Å²) in [5.74, 6) is 0. The monoisotopic (exact) mass is 300 g/mol. The second kappa shape index (κ2) is 6.33. The summed E-state index contributed by atoms with van der Waals surface area (Å²) in [6.45, 7) is 2.10. The Labute approximate surface area is 134 Å². The fourth-order valence-electron chi connectivity index (χ4n) is 2.59. The molecule has 3 aromatic rings. The summed E-state index contributed by atoms with van der Waals surface area (Å²) < 4.78 is 0. The van der Waals surface area contributed by atoms with Crippen LogP contribution in [0.15, 0.2) is 65.5 Å². The molecule has 3 rings (SSSR count). The molecule has 0 amide bonds. The molecule has 0 spiro atoms. The number of hydrogen-bond acceptors (Lipinski definition) is 2. The van der Waals surface area contributed by atoms with Crippen LogP contribution < -0.4 is 5.56 Å². The van der Waals surface area contributed by atoms with Gasteiger partial charge in [0.05, 0.1) is 0 Å². The first kappa shape index (κ1) is 14.8. The van der Waals surface area contributed by atoms with Crippen molar-refractivity contribution in [1.82, 2.24) is 4.98 Å². The van der Waals surface area contributed by atoms with E-state index in [1.807, 2.05) is 66.7 Å². The number of aromatic amines is 1. The summed E-state index contributed by atoms with van der Waals surface area (Å²) in [4.78, 5) is 15.1. The zero-order valence-corrected chi connectivity index (χ0v) is 12.8. The number of benzene rings is 2. The van der Waals surface area contributed by atoms with Gasteiger partial charge in [0.2, 0.25) is 0 Å². The number of nitrogens with one attached hydrogen (secondary N) is 1. The van der Waals surface area contributed by atoms with Gasteiger partial charge >= 0.3 is 0 Å². The van der Waals surface area contributed by atoms with Crippen molar-refractivity contribution in [3.8, 4) is 28.5 Å². The van der Waals surface area contributed by atoms with Crippen molar-refractivity contribution < 1.29 is 0 Å². The normalized spacial score (nSPS) is 10.3. The third-order valence-corrected chi connectivity index (χ3v) is 3.90. The molecule has 0 saturated carbocycles. The van der Waals surface area contributed by atoms with E-state index in [9.17, 15) is 10.1 Å². The van der Waals surface area contributed by atoms with E-state index < -0.39 is 0 Å². The maximum Gasteiger partial charge on any atom is 0.266 e. The number of pyridine rings is 1. The molecule has 0 fully saturated rings. The number of nitrogens with zero attached hydrogens (tertiary/aromatic N) is 1. The molecule has 3 heteroatoms. The van der Waals surface area contributed by atoms with Crippen LogP contribution in [0.2, 0.25) is 0 Å². The predicted octanol–water partition coefficient (Wildman–Crippen LogP) is 4.14. The lowest BCUT2D eigenvalue weighted by molar-refractivity contribution is 1.14. The Kier molecular flexibility index (Phi) is 4.07. The molecule has 0 aliphatic carbocycles. The van der Waals surface area contributed by atoms with Gasteiger partial charge in [0, 0.05) is 11.3 Å². The van der Waals surface area contributed by atoms with Gasteiger partial charge in [0.25, 0.3) is 5.56 Å². The van der Waals surface area contributed by atoms with E-state index in [0.717, 1.165) is 23.2 Å². The number of nitriles is 1. The SMILES string of the molecule is CCc1ccc(-c2cc(-c3ccccc3)c(C#N)c(=O)[nH]2)cc1. The molecule has 0 saturated heterocycles. The molecular weight excluding hydrogens is 284 g/mol. The number of aromatic nitrogens is 1. The Bertz CT molecular complexity index is 917. The molecule has 0 bridgehead atoms. The van der Waals surface area contributed by atoms with Crippen LogP contribution in [0.4, 0.5) is 0 Å². The number of H-pyrrole nitrogens is 1. The van der Waals surface area contributed by atoms with Gasteiger partial charge < -0.3 is 4.98 Å². The van der Waals surface area contributed by atoms with E-state index >= 15 is 0 Å². The van der Waals surface area contributed by atoms with Gasteiger partial charge in [-0.3, -0.25) is 4.79 Å². The van der Waals surface area contributed by atoms with E-state index in [1.54, 1.807) is 0 Å². The highest BCUT2D eigenvalue weighted by molar-refractivity contribution is 5.75. The zero-order valence-electron chi connectivity index (χ0n) is 12.8. The fraction of sp³-hybridized carbons (Fsp3) is 0.100. The summed E-state index contributed by atoms with van der Waals surface area (Å²) in [5, 5.41) is 9.32. The minimum atomic E-state index is -0.358. The van der Waals surface area contributed by atoms with E-state index in [2.05, 4.69) is 11.9 Å². The molecule has 0 aliphatic heterocycles. The molecule has 23 heavy (non-hydrogen) atoms. The van der Waals surface area contributed by atoms with Crippen LogP contribution in [0.1, 0.15) is 18.1 Å². The summed E-state index contributed by atoms with van der Waals surface area (Å²) in [7, 11) is 0. The second-order valence-electron chi connectivity index (χ2n) is 5.33. The van der Waals surface area contributed by atoms with E-state index in [1.165, 1.54) is 5.56 Å². The lowest BCUT2D eigenvalue weighted by Gasteiger charge is -2.08. The molecule has 1 heterocycles. The third kappa shape index (κ3) is 2.93. The maximum atomic E-state index is 12.3. The molecule has 112 valence electrons. The van der Waals surface area contributed by atoms with Crippen molar-refractivity contribution in [1.29, 1.82) is 5.26 Å². The van der Waals surface area contributed by atoms with E-state index in [0.29, 0.717) is 5.56 Å².